The number of imidazole rings is 1. The van der Waals surface area contributed by atoms with Crippen LogP contribution in [0.1, 0.15) is 27.2 Å². The average molecular weight is 385 g/mol. The SMILES string of the molecule is Cn1c(-c2cn[nH]c2)nc2c(O[C@H]3CCN(C(=O)OC(C)(C)C)C3)ncnc21. The van der Waals surface area contributed by atoms with Crippen molar-refractivity contribution in [1.29, 1.82) is 0 Å². The second kappa shape index (κ2) is 6.77. The molecule has 0 bridgehead atoms. The third-order valence-electron chi connectivity index (χ3n) is 4.45. The summed E-state index contributed by atoms with van der Waals surface area (Å²) in [7, 11) is 1.88. The molecule has 1 atom stereocenters. The highest BCUT2D eigenvalue weighted by molar-refractivity contribution is 5.80. The van der Waals surface area contributed by atoms with Crippen LogP contribution in [0.15, 0.2) is 18.7 Å². The first-order valence-electron chi connectivity index (χ1n) is 9.13. The van der Waals surface area contributed by atoms with Gasteiger partial charge in [-0.05, 0) is 20.8 Å². The van der Waals surface area contributed by atoms with Crippen LogP contribution >= 0.6 is 0 Å². The molecule has 10 nitrogen and oxygen atoms in total. The van der Waals surface area contributed by atoms with Crippen molar-refractivity contribution >= 4 is 17.3 Å². The third kappa shape index (κ3) is 3.49. The van der Waals surface area contributed by atoms with Gasteiger partial charge in [-0.15, -0.1) is 0 Å². The molecular weight excluding hydrogens is 362 g/mol. The van der Waals surface area contributed by atoms with Crippen molar-refractivity contribution < 1.29 is 14.3 Å². The van der Waals surface area contributed by atoms with Crippen molar-refractivity contribution in [3.8, 4) is 17.3 Å². The number of aryl methyl sites for hydroxylation is 1. The van der Waals surface area contributed by atoms with E-state index in [2.05, 4.69) is 25.1 Å². The number of nitrogens with zero attached hydrogens (tertiary/aromatic N) is 6. The third-order valence-corrected chi connectivity index (χ3v) is 4.45. The minimum atomic E-state index is -0.522. The number of carbonyl (C=O) groups is 1. The number of aromatic nitrogens is 6. The van der Waals surface area contributed by atoms with E-state index >= 15 is 0 Å². The van der Waals surface area contributed by atoms with Gasteiger partial charge in [0.1, 0.15) is 23.9 Å². The number of hydrogen-bond acceptors (Lipinski definition) is 7. The van der Waals surface area contributed by atoms with Crippen LogP contribution in [0, 0.1) is 0 Å². The van der Waals surface area contributed by atoms with E-state index in [0.29, 0.717) is 36.6 Å². The largest absolute Gasteiger partial charge is 0.471 e. The van der Waals surface area contributed by atoms with E-state index in [9.17, 15) is 4.79 Å². The molecule has 1 fully saturated rings. The number of ether oxygens (including phenoxy) is 2. The van der Waals surface area contributed by atoms with Gasteiger partial charge in [-0.3, -0.25) is 5.10 Å². The molecule has 4 rings (SSSR count). The van der Waals surface area contributed by atoms with Crippen LogP contribution in [0.4, 0.5) is 4.79 Å². The Morgan fingerprint density at radius 3 is 2.86 bits per heavy atom. The summed E-state index contributed by atoms with van der Waals surface area (Å²) in [4.78, 5) is 27.1. The minimum absolute atomic E-state index is 0.176. The lowest BCUT2D eigenvalue weighted by molar-refractivity contribution is 0.0275. The molecule has 0 aromatic carbocycles. The smallest absolute Gasteiger partial charge is 0.410 e. The fourth-order valence-electron chi connectivity index (χ4n) is 3.17. The molecule has 1 N–H and O–H groups in total. The minimum Gasteiger partial charge on any atom is -0.471 e. The van der Waals surface area contributed by atoms with Gasteiger partial charge in [0.05, 0.1) is 18.3 Å². The van der Waals surface area contributed by atoms with E-state index < -0.39 is 5.60 Å². The maximum absolute atomic E-state index is 12.2. The van der Waals surface area contributed by atoms with Crippen molar-refractivity contribution in [3.63, 3.8) is 0 Å². The van der Waals surface area contributed by atoms with Gasteiger partial charge in [-0.2, -0.15) is 10.1 Å². The predicted molar refractivity (Wildman–Crippen MR) is 101 cm³/mol. The summed E-state index contributed by atoms with van der Waals surface area (Å²) in [5, 5.41) is 6.76. The molecule has 0 radical (unpaired) electrons. The molecule has 1 aliphatic heterocycles. The summed E-state index contributed by atoms with van der Waals surface area (Å²) in [5.74, 6) is 1.13. The lowest BCUT2D eigenvalue weighted by atomic mass is 10.2. The summed E-state index contributed by atoms with van der Waals surface area (Å²) in [6.45, 7) is 6.58. The standard InChI is InChI=1S/C18H23N7O3/c1-18(2,3)28-17(26)25-6-5-12(9-25)27-16-13-15(19-10-20-16)24(4)14(23-13)11-7-21-22-8-11/h7-8,10,12H,5-6,9H2,1-4H3,(H,21,22)/t12-/m0/s1. The first-order chi connectivity index (χ1) is 13.3. The van der Waals surface area contributed by atoms with Crippen LogP contribution in [0.3, 0.4) is 0 Å². The van der Waals surface area contributed by atoms with Crippen LogP contribution in [-0.4, -0.2) is 65.5 Å². The highest BCUT2D eigenvalue weighted by atomic mass is 16.6. The molecular formula is C18H23N7O3. The zero-order chi connectivity index (χ0) is 19.9. The van der Waals surface area contributed by atoms with Crippen molar-refractivity contribution in [3.05, 3.63) is 18.7 Å². The molecule has 1 amide bonds. The molecule has 10 heteroatoms. The highest BCUT2D eigenvalue weighted by Crippen LogP contribution is 2.28. The van der Waals surface area contributed by atoms with Gasteiger partial charge < -0.3 is 18.9 Å². The van der Waals surface area contributed by atoms with Crippen LogP contribution in [-0.2, 0) is 11.8 Å². The Kier molecular flexibility index (Phi) is 4.40. The monoisotopic (exact) mass is 385 g/mol. The van der Waals surface area contributed by atoms with Crippen molar-refractivity contribution in [2.75, 3.05) is 13.1 Å². The number of likely N-dealkylation sites (tertiary alicyclic amines) is 1. The number of hydrogen-bond donors (Lipinski definition) is 1. The molecule has 1 aliphatic rings. The normalized spacial score (nSPS) is 17.3. The molecule has 4 heterocycles. The molecule has 0 unspecified atom stereocenters. The molecule has 0 aliphatic carbocycles. The number of amides is 1. The van der Waals surface area contributed by atoms with Crippen LogP contribution in [0.25, 0.3) is 22.6 Å². The van der Waals surface area contributed by atoms with Gasteiger partial charge in [-0.25, -0.2) is 14.8 Å². The van der Waals surface area contributed by atoms with Gasteiger partial charge in [0.15, 0.2) is 11.2 Å². The summed E-state index contributed by atoms with van der Waals surface area (Å²) < 4.78 is 13.4. The zero-order valence-corrected chi connectivity index (χ0v) is 16.3. The van der Waals surface area contributed by atoms with Crippen LogP contribution in [0.2, 0.25) is 0 Å². The van der Waals surface area contributed by atoms with E-state index in [1.54, 1.807) is 17.3 Å². The number of aromatic amines is 1. The fraction of sp³-hybridized carbons (Fsp3) is 0.500. The molecule has 3 aromatic rings. The summed E-state index contributed by atoms with van der Waals surface area (Å²) in [6, 6.07) is 0. The van der Waals surface area contributed by atoms with E-state index in [-0.39, 0.29) is 12.2 Å². The Bertz CT molecular complexity index is 991. The summed E-state index contributed by atoms with van der Waals surface area (Å²) in [5.41, 5.74) is 1.58. The Hall–Kier alpha value is -3.17. The average Bonchev–Trinajstić information content (AvgIpc) is 3.34. The molecule has 0 spiro atoms. The lowest BCUT2D eigenvalue weighted by Gasteiger charge is -2.24. The number of nitrogens with one attached hydrogen (secondary N) is 1. The second-order valence-corrected chi connectivity index (χ2v) is 7.79. The second-order valence-electron chi connectivity index (χ2n) is 7.79. The Morgan fingerprint density at radius 1 is 1.32 bits per heavy atom. The Labute approximate surface area is 161 Å². The van der Waals surface area contributed by atoms with Crippen molar-refractivity contribution in [2.24, 2.45) is 7.05 Å². The molecule has 0 saturated carbocycles. The first-order valence-corrected chi connectivity index (χ1v) is 9.13. The van der Waals surface area contributed by atoms with E-state index in [4.69, 9.17) is 9.47 Å². The Morgan fingerprint density at radius 2 is 2.14 bits per heavy atom. The molecule has 1 saturated heterocycles. The molecule has 3 aromatic heterocycles. The zero-order valence-electron chi connectivity index (χ0n) is 16.3. The fourth-order valence-corrected chi connectivity index (χ4v) is 3.17. The lowest BCUT2D eigenvalue weighted by Crippen LogP contribution is -2.36. The van der Waals surface area contributed by atoms with Crippen molar-refractivity contribution in [2.45, 2.75) is 38.9 Å². The van der Waals surface area contributed by atoms with Crippen LogP contribution < -0.4 is 4.74 Å². The topological polar surface area (TPSA) is 111 Å². The number of H-pyrrole nitrogens is 1. The van der Waals surface area contributed by atoms with E-state index in [1.165, 1.54) is 6.33 Å². The molecule has 148 valence electrons. The summed E-state index contributed by atoms with van der Waals surface area (Å²) >= 11 is 0. The number of carbonyl (C=O) groups excluding carboxylic acids is 1. The van der Waals surface area contributed by atoms with Gasteiger partial charge in [0, 0.05) is 26.2 Å². The van der Waals surface area contributed by atoms with E-state index in [1.807, 2.05) is 32.4 Å². The summed E-state index contributed by atoms with van der Waals surface area (Å²) in [6.07, 6.45) is 5.12. The van der Waals surface area contributed by atoms with Crippen LogP contribution in [0.5, 0.6) is 5.88 Å². The van der Waals surface area contributed by atoms with Gasteiger partial charge in [-0.1, -0.05) is 0 Å². The predicted octanol–water partition coefficient (Wildman–Crippen LogP) is 2.14. The maximum atomic E-state index is 12.2. The van der Waals surface area contributed by atoms with Gasteiger partial charge in [0.25, 0.3) is 0 Å². The first kappa shape index (κ1) is 18.2. The van der Waals surface area contributed by atoms with E-state index in [0.717, 1.165) is 11.4 Å². The quantitative estimate of drug-likeness (QED) is 0.735. The molecule has 28 heavy (non-hydrogen) atoms. The van der Waals surface area contributed by atoms with Gasteiger partial charge >= 0.3 is 6.09 Å². The maximum Gasteiger partial charge on any atom is 0.410 e. The van der Waals surface area contributed by atoms with Crippen molar-refractivity contribution in [1.82, 2.24) is 34.6 Å². The number of fused-ring (bicyclic) bond motifs is 1. The Balaban J connectivity index is 1.53. The highest BCUT2D eigenvalue weighted by Gasteiger charge is 2.31. The van der Waals surface area contributed by atoms with Gasteiger partial charge in [0.2, 0.25) is 5.88 Å². The number of rotatable bonds is 3.